The maximum Gasteiger partial charge on any atom is 0.362 e. The van der Waals surface area contributed by atoms with Gasteiger partial charge in [-0.1, -0.05) is 18.2 Å². The van der Waals surface area contributed by atoms with E-state index in [9.17, 15) is 9.36 Å². The van der Waals surface area contributed by atoms with E-state index < -0.39 is 18.5 Å². The molecule has 0 saturated carbocycles. The van der Waals surface area contributed by atoms with Crippen LogP contribution < -0.4 is 10.9 Å². The van der Waals surface area contributed by atoms with Crippen molar-refractivity contribution < 1.29 is 14.4 Å². The van der Waals surface area contributed by atoms with Crippen molar-refractivity contribution in [3.05, 3.63) is 34.6 Å². The highest BCUT2D eigenvalue weighted by Crippen LogP contribution is 2.33. The summed E-state index contributed by atoms with van der Waals surface area (Å²) in [5.74, 6) is 0. The van der Waals surface area contributed by atoms with Crippen LogP contribution in [0.1, 0.15) is 0 Å². The van der Waals surface area contributed by atoms with Gasteiger partial charge in [-0.3, -0.25) is 9.36 Å². The van der Waals surface area contributed by atoms with Crippen molar-refractivity contribution >= 4 is 23.8 Å². The molecule has 2 rings (SSSR count). The molecule has 0 aliphatic heterocycles. The molecule has 3 N–H and O–H groups in total. The summed E-state index contributed by atoms with van der Waals surface area (Å²) in [6, 6.07) is 6.26. The normalized spacial score (nSPS) is 11.9. The molecule has 0 saturated heterocycles. The highest BCUT2D eigenvalue weighted by Gasteiger charge is 2.24. The molecule has 78 valence electrons. The molecule has 0 amide bonds. The Balaban J connectivity index is 2.99. The summed E-state index contributed by atoms with van der Waals surface area (Å²) in [5.41, 5.74) is -0.516. The predicted octanol–water partition coefficient (Wildman–Crippen LogP) is -0.274. The largest absolute Gasteiger partial charge is 0.362 e. The van der Waals surface area contributed by atoms with Gasteiger partial charge < -0.3 is 9.79 Å². The number of aromatic nitrogens is 2. The molecular weight excluding hydrogens is 219 g/mol. The highest BCUT2D eigenvalue weighted by atomic mass is 31.2. The molecule has 0 bridgehead atoms. The third-order valence-corrected chi connectivity index (χ3v) is 2.97. The molecule has 15 heavy (non-hydrogen) atoms. The molecular formula is C8H7N2O4P. The predicted molar refractivity (Wildman–Crippen MR) is 54.0 cm³/mol. The fraction of sp³-hybridized carbons (Fsp3) is 0. The van der Waals surface area contributed by atoms with Gasteiger partial charge in [-0.25, -0.2) is 5.10 Å². The van der Waals surface area contributed by atoms with Crippen LogP contribution in [-0.2, 0) is 4.57 Å². The minimum Gasteiger partial charge on any atom is -0.321 e. The van der Waals surface area contributed by atoms with Gasteiger partial charge in [0.25, 0.3) is 5.56 Å². The van der Waals surface area contributed by atoms with Crippen LogP contribution in [-0.4, -0.2) is 20.0 Å². The molecule has 0 aliphatic carbocycles. The zero-order chi connectivity index (χ0) is 11.1. The summed E-state index contributed by atoms with van der Waals surface area (Å²) in [4.78, 5) is 29.3. The lowest BCUT2D eigenvalue weighted by Gasteiger charge is -2.05. The Morgan fingerprint density at radius 1 is 1.27 bits per heavy atom. The molecule has 6 nitrogen and oxygen atoms in total. The van der Waals surface area contributed by atoms with E-state index in [1.54, 1.807) is 18.2 Å². The molecule has 0 unspecified atom stereocenters. The van der Waals surface area contributed by atoms with Crippen LogP contribution in [0, 0.1) is 0 Å². The van der Waals surface area contributed by atoms with Crippen molar-refractivity contribution in [1.29, 1.82) is 0 Å². The number of rotatable bonds is 1. The first-order valence-electron chi connectivity index (χ1n) is 4.03. The van der Waals surface area contributed by atoms with Crippen LogP contribution >= 0.6 is 7.60 Å². The van der Waals surface area contributed by atoms with Crippen LogP contribution in [0.2, 0.25) is 0 Å². The van der Waals surface area contributed by atoms with Crippen molar-refractivity contribution in [2.45, 2.75) is 0 Å². The summed E-state index contributed by atoms with van der Waals surface area (Å²) < 4.78 is 11.1. The second kappa shape index (κ2) is 3.27. The Morgan fingerprint density at radius 3 is 2.60 bits per heavy atom. The van der Waals surface area contributed by atoms with Crippen molar-refractivity contribution in [2.24, 2.45) is 0 Å². The zero-order valence-corrected chi connectivity index (χ0v) is 8.31. The average molecular weight is 226 g/mol. The minimum absolute atomic E-state index is 0.176. The van der Waals surface area contributed by atoms with Gasteiger partial charge in [0.15, 0.2) is 0 Å². The van der Waals surface area contributed by atoms with E-state index in [1.165, 1.54) is 6.07 Å². The Morgan fingerprint density at radius 2 is 1.93 bits per heavy atom. The second-order valence-electron chi connectivity index (χ2n) is 2.96. The molecule has 1 heterocycles. The molecule has 1 aromatic carbocycles. The molecule has 0 radical (unpaired) electrons. The summed E-state index contributed by atoms with van der Waals surface area (Å²) in [5, 5.41) is 5.37. The maximum absolute atomic E-state index is 11.3. The third-order valence-electron chi connectivity index (χ3n) is 1.94. The van der Waals surface area contributed by atoms with Crippen molar-refractivity contribution in [3.8, 4) is 0 Å². The fourth-order valence-corrected chi connectivity index (χ4v) is 2.16. The lowest BCUT2D eigenvalue weighted by atomic mass is 10.2. The Kier molecular flexibility index (Phi) is 2.19. The van der Waals surface area contributed by atoms with E-state index in [4.69, 9.17) is 9.79 Å². The van der Waals surface area contributed by atoms with E-state index in [2.05, 4.69) is 10.2 Å². The van der Waals surface area contributed by atoms with Gasteiger partial charge in [0.2, 0.25) is 0 Å². The van der Waals surface area contributed by atoms with Crippen LogP contribution in [0.3, 0.4) is 0 Å². The number of hydrogen-bond acceptors (Lipinski definition) is 3. The Hall–Kier alpha value is -1.49. The number of fused-ring (bicyclic) bond motifs is 1. The summed E-state index contributed by atoms with van der Waals surface area (Å²) in [6.45, 7) is 0. The number of benzene rings is 1. The van der Waals surface area contributed by atoms with Gasteiger partial charge in [0, 0.05) is 5.39 Å². The summed E-state index contributed by atoms with van der Waals surface area (Å²) in [7, 11) is -4.58. The zero-order valence-electron chi connectivity index (χ0n) is 7.41. The van der Waals surface area contributed by atoms with Crippen LogP contribution in [0.25, 0.3) is 10.9 Å². The number of hydrogen-bond donors (Lipinski definition) is 3. The first kappa shape index (κ1) is 10.0. The molecule has 2 aromatic rings. The van der Waals surface area contributed by atoms with E-state index in [0.29, 0.717) is 5.52 Å². The number of nitrogens with one attached hydrogen (secondary N) is 1. The van der Waals surface area contributed by atoms with E-state index in [-0.39, 0.29) is 5.39 Å². The fourth-order valence-electron chi connectivity index (χ4n) is 1.35. The van der Waals surface area contributed by atoms with Crippen molar-refractivity contribution in [2.75, 3.05) is 0 Å². The molecule has 0 aliphatic rings. The average Bonchev–Trinajstić information content (AvgIpc) is 2.15. The molecule has 7 heteroatoms. The molecule has 0 fully saturated rings. The van der Waals surface area contributed by atoms with Crippen LogP contribution in [0.15, 0.2) is 29.1 Å². The van der Waals surface area contributed by atoms with Gasteiger partial charge in [-0.15, -0.1) is 0 Å². The quantitative estimate of drug-likeness (QED) is 0.580. The second-order valence-corrected chi connectivity index (χ2v) is 4.50. The molecule has 0 atom stereocenters. The Bertz CT molecular complexity index is 615. The number of nitrogens with zero attached hydrogens (tertiary/aromatic N) is 1. The topological polar surface area (TPSA) is 103 Å². The molecule has 1 aromatic heterocycles. The first-order chi connectivity index (χ1) is 7.00. The maximum atomic E-state index is 11.3. The van der Waals surface area contributed by atoms with Gasteiger partial charge in [-0.2, -0.15) is 5.10 Å². The van der Waals surface area contributed by atoms with Gasteiger partial charge in [-0.05, 0) is 6.07 Å². The first-order valence-corrected chi connectivity index (χ1v) is 5.65. The lowest BCUT2D eigenvalue weighted by molar-refractivity contribution is 0.387. The summed E-state index contributed by atoms with van der Waals surface area (Å²) >= 11 is 0. The van der Waals surface area contributed by atoms with Gasteiger partial charge in [0.1, 0.15) is 5.30 Å². The van der Waals surface area contributed by atoms with E-state index >= 15 is 0 Å². The van der Waals surface area contributed by atoms with E-state index in [0.717, 1.165) is 0 Å². The van der Waals surface area contributed by atoms with Crippen LogP contribution in [0.5, 0.6) is 0 Å². The number of para-hydroxylation sites is 1. The summed E-state index contributed by atoms with van der Waals surface area (Å²) in [6.07, 6.45) is 0. The minimum atomic E-state index is -4.58. The van der Waals surface area contributed by atoms with Gasteiger partial charge in [0.05, 0.1) is 5.52 Å². The van der Waals surface area contributed by atoms with Crippen molar-refractivity contribution in [1.82, 2.24) is 10.2 Å². The van der Waals surface area contributed by atoms with Crippen LogP contribution in [0.4, 0.5) is 0 Å². The van der Waals surface area contributed by atoms with Crippen molar-refractivity contribution in [3.63, 3.8) is 0 Å². The smallest absolute Gasteiger partial charge is 0.321 e. The highest BCUT2D eigenvalue weighted by molar-refractivity contribution is 7.60. The third kappa shape index (κ3) is 1.70. The molecule has 0 spiro atoms. The number of aromatic amines is 1. The standard InChI is InChI=1S/C8H7N2O4P/c11-8-7(15(12,13)14)5-3-1-2-4-6(5)9-10-8/h1-4H,(H,10,11)(H2,12,13,14). The SMILES string of the molecule is O=c1[nH]nc2ccccc2c1P(=O)(O)O. The lowest BCUT2D eigenvalue weighted by Crippen LogP contribution is -2.28. The Labute approximate surface area is 83.7 Å². The number of H-pyrrole nitrogens is 1. The monoisotopic (exact) mass is 226 g/mol. The van der Waals surface area contributed by atoms with E-state index in [1.807, 2.05) is 0 Å². The van der Waals surface area contributed by atoms with Gasteiger partial charge >= 0.3 is 7.60 Å².